The molecule has 2 N–H and O–H groups in total. The fourth-order valence-electron chi connectivity index (χ4n) is 7.34. The SMILES string of the molecule is CCOc1ccccc1C1(C2CNc3ccccc32)C(=O)[N+](C(=O)O)(S(=O)(=O)c2ccc(OC)cc2OC)CC(C#N)N1c1nc(C)cc(C)n1. The fraction of sp³-hybridized carbons (Fsp3) is 0.306. The molecule has 0 aliphatic carbocycles. The van der Waals surface area contributed by atoms with Gasteiger partial charge >= 0.3 is 22.0 Å². The van der Waals surface area contributed by atoms with E-state index < -0.39 is 54.9 Å². The van der Waals surface area contributed by atoms with E-state index in [1.807, 2.05) is 6.07 Å². The summed E-state index contributed by atoms with van der Waals surface area (Å²) in [4.78, 5) is 40.3. The Kier molecular flexibility index (Phi) is 9.09. The molecule has 4 aromatic rings. The Hall–Kier alpha value is -5.72. The number of rotatable bonds is 9. The third-order valence-corrected chi connectivity index (χ3v) is 11.6. The molecule has 2 aliphatic heterocycles. The number of aromatic nitrogens is 2. The number of fused-ring (bicyclic) bond motifs is 1. The summed E-state index contributed by atoms with van der Waals surface area (Å²) in [5.74, 6) is -2.13. The average Bonchev–Trinajstić information content (AvgIpc) is 3.55. The third kappa shape index (κ3) is 5.21. The molecule has 0 spiro atoms. The van der Waals surface area contributed by atoms with Crippen molar-refractivity contribution in [1.82, 2.24) is 9.97 Å². The van der Waals surface area contributed by atoms with Crippen LogP contribution in [0.3, 0.4) is 0 Å². The van der Waals surface area contributed by atoms with Gasteiger partial charge in [0.15, 0.2) is 16.5 Å². The number of hydrogen-bond donors (Lipinski definition) is 2. The second kappa shape index (κ2) is 13.2. The molecule has 0 saturated carbocycles. The number of benzene rings is 3. The normalized spacial score (nSPS) is 22.7. The van der Waals surface area contributed by atoms with Crippen molar-refractivity contribution in [3.8, 4) is 23.3 Å². The summed E-state index contributed by atoms with van der Waals surface area (Å²) in [6.07, 6.45) is -2.00. The first kappa shape index (κ1) is 35.1. The minimum absolute atomic E-state index is 0.0503. The van der Waals surface area contributed by atoms with Gasteiger partial charge in [-0.1, -0.05) is 36.4 Å². The van der Waals surface area contributed by atoms with Crippen LogP contribution in [-0.4, -0.2) is 79.3 Å². The van der Waals surface area contributed by atoms with Crippen LogP contribution in [0.15, 0.2) is 77.7 Å². The molecule has 51 heavy (non-hydrogen) atoms. The van der Waals surface area contributed by atoms with Crippen molar-refractivity contribution >= 4 is 33.7 Å². The number of quaternary nitrogens is 1. The number of sulfonamides is 1. The lowest BCUT2D eigenvalue weighted by molar-refractivity contribution is -0.660. The van der Waals surface area contributed by atoms with Gasteiger partial charge in [-0.05, 0) is 60.6 Å². The first-order valence-corrected chi connectivity index (χ1v) is 17.6. The van der Waals surface area contributed by atoms with Gasteiger partial charge in [0.2, 0.25) is 5.95 Å². The number of carbonyl (C=O) groups is 2. The van der Waals surface area contributed by atoms with E-state index in [-0.39, 0.29) is 41.9 Å². The molecule has 264 valence electrons. The van der Waals surface area contributed by atoms with E-state index in [4.69, 9.17) is 14.2 Å². The summed E-state index contributed by atoms with van der Waals surface area (Å²) < 4.78 is 45.0. The predicted octanol–water partition coefficient (Wildman–Crippen LogP) is 4.74. The molecule has 0 radical (unpaired) electrons. The van der Waals surface area contributed by atoms with Crippen LogP contribution in [0.4, 0.5) is 16.4 Å². The van der Waals surface area contributed by atoms with Gasteiger partial charge < -0.3 is 24.6 Å². The summed E-state index contributed by atoms with van der Waals surface area (Å²) in [7, 11) is -2.69. The highest BCUT2D eigenvalue weighted by Gasteiger charge is 2.76. The quantitative estimate of drug-likeness (QED) is 0.227. The number of ether oxygens (including phenoxy) is 3. The number of carbonyl (C=O) groups excluding carboxylic acids is 1. The van der Waals surface area contributed by atoms with Gasteiger partial charge in [-0.15, -0.1) is 0 Å². The Morgan fingerprint density at radius 2 is 1.73 bits per heavy atom. The second-order valence-electron chi connectivity index (χ2n) is 12.2. The molecule has 1 fully saturated rings. The number of nitriles is 1. The van der Waals surface area contributed by atoms with Gasteiger partial charge in [0.05, 0.1) is 26.9 Å². The number of carboxylic acid groups (broad SMARTS) is 1. The predicted molar refractivity (Wildman–Crippen MR) is 185 cm³/mol. The number of hydrogen-bond acceptors (Lipinski definition) is 12. The molecule has 2 amide bonds. The van der Waals surface area contributed by atoms with Crippen LogP contribution in [0.25, 0.3) is 0 Å². The highest BCUT2D eigenvalue weighted by atomic mass is 32.2. The van der Waals surface area contributed by atoms with Gasteiger partial charge in [0.1, 0.15) is 23.8 Å². The fourth-order valence-corrected chi connectivity index (χ4v) is 9.22. The van der Waals surface area contributed by atoms with E-state index in [0.29, 0.717) is 22.6 Å². The number of piperazine rings is 1. The maximum absolute atomic E-state index is 16.2. The zero-order valence-electron chi connectivity index (χ0n) is 28.7. The standard InChI is InChI=1S/C36H36N6O8S/c1-6-50-30-14-10-8-12-27(30)36(28-20-38-29-13-9-7-11-26(28)29)33(43)42(35(44)45,51(46,47)32-16-15-25(48-4)18-31(32)49-5)21-24(19-37)41(36)34-39-22(2)17-23(3)40-34/h7-18,24,28,38H,6,20-21H2,1-5H3/p+1. The lowest BCUT2D eigenvalue weighted by Gasteiger charge is -2.53. The summed E-state index contributed by atoms with van der Waals surface area (Å²) in [5.41, 5.74) is 0.126. The molecule has 15 heteroatoms. The number of nitrogens with zero attached hydrogens (tertiary/aromatic N) is 5. The van der Waals surface area contributed by atoms with E-state index in [1.165, 1.54) is 31.3 Å². The largest absolute Gasteiger partial charge is 0.537 e. The number of para-hydroxylation sites is 2. The first-order valence-electron chi connectivity index (χ1n) is 16.1. The van der Waals surface area contributed by atoms with Crippen molar-refractivity contribution in [2.24, 2.45) is 0 Å². The van der Waals surface area contributed by atoms with Crippen LogP contribution in [-0.2, 0) is 20.4 Å². The monoisotopic (exact) mass is 713 g/mol. The minimum atomic E-state index is -5.29. The van der Waals surface area contributed by atoms with E-state index in [1.54, 1.807) is 69.3 Å². The van der Waals surface area contributed by atoms with E-state index in [2.05, 4.69) is 21.4 Å². The van der Waals surface area contributed by atoms with Gasteiger partial charge in [-0.3, -0.25) is 4.90 Å². The van der Waals surface area contributed by atoms with E-state index >= 15 is 13.2 Å². The number of imide groups is 1. The highest BCUT2D eigenvalue weighted by molar-refractivity contribution is 7.86. The molecule has 1 saturated heterocycles. The van der Waals surface area contributed by atoms with Gasteiger partial charge in [-0.2, -0.15) is 18.5 Å². The zero-order valence-corrected chi connectivity index (χ0v) is 29.5. The Bertz CT molecular complexity index is 2170. The molecular weight excluding hydrogens is 676 g/mol. The number of nitrogens with one attached hydrogen (secondary N) is 1. The average molecular weight is 714 g/mol. The number of amides is 2. The van der Waals surface area contributed by atoms with Crippen molar-refractivity contribution in [2.45, 2.75) is 43.2 Å². The summed E-state index contributed by atoms with van der Waals surface area (Å²) in [6.45, 7) is 4.40. The van der Waals surface area contributed by atoms with Gasteiger partial charge in [0.25, 0.3) is 0 Å². The van der Waals surface area contributed by atoms with E-state index in [9.17, 15) is 15.2 Å². The Morgan fingerprint density at radius 3 is 2.37 bits per heavy atom. The van der Waals surface area contributed by atoms with Gasteiger partial charge in [-0.25, -0.2) is 14.8 Å². The Labute approximate surface area is 295 Å². The van der Waals surface area contributed by atoms with E-state index in [0.717, 1.165) is 6.07 Å². The van der Waals surface area contributed by atoms with Crippen LogP contribution < -0.4 is 24.4 Å². The molecule has 3 heterocycles. The van der Waals surface area contributed by atoms with Crippen molar-refractivity contribution in [3.63, 3.8) is 0 Å². The van der Waals surface area contributed by atoms with Crippen molar-refractivity contribution in [1.29, 1.82) is 5.26 Å². The smallest absolute Gasteiger partial charge is 0.497 e. The van der Waals surface area contributed by atoms with Crippen LogP contribution in [0.1, 0.15) is 35.4 Å². The summed E-state index contributed by atoms with van der Waals surface area (Å²) >= 11 is 0. The maximum atomic E-state index is 16.2. The molecule has 14 nitrogen and oxygen atoms in total. The summed E-state index contributed by atoms with van der Waals surface area (Å²) in [6, 6.07) is 19.7. The van der Waals surface area contributed by atoms with Gasteiger partial charge in [0, 0.05) is 41.2 Å². The molecule has 4 unspecified atom stereocenters. The molecule has 2 aliphatic rings. The molecule has 4 atom stereocenters. The lowest BCUT2D eigenvalue weighted by atomic mass is 9.70. The topological polar surface area (TPSA) is 181 Å². The maximum Gasteiger partial charge on any atom is 0.537 e. The number of aryl methyl sites for hydroxylation is 2. The number of methoxy groups -OCH3 is 2. The van der Waals surface area contributed by atoms with Crippen LogP contribution >= 0.6 is 0 Å². The molecule has 1 aromatic heterocycles. The zero-order chi connectivity index (χ0) is 36.7. The molecular formula is C36H37N6O8S+. The van der Waals surface area contributed by atoms with Crippen LogP contribution in [0.5, 0.6) is 17.2 Å². The highest BCUT2D eigenvalue weighted by Crippen LogP contribution is 2.56. The Morgan fingerprint density at radius 1 is 1.04 bits per heavy atom. The minimum Gasteiger partial charge on any atom is -0.497 e. The van der Waals surface area contributed by atoms with Crippen molar-refractivity contribution < 1.29 is 41.2 Å². The molecule has 6 rings (SSSR count). The summed E-state index contributed by atoms with van der Waals surface area (Å²) in [5, 5.41) is 25.6. The second-order valence-corrected chi connectivity index (χ2v) is 14.2. The van der Waals surface area contributed by atoms with Crippen LogP contribution in [0, 0.1) is 25.2 Å². The first-order chi connectivity index (χ1) is 24.4. The number of anilines is 2. The molecule has 0 bridgehead atoms. The van der Waals surface area contributed by atoms with Crippen LogP contribution in [0.2, 0.25) is 0 Å². The lowest BCUT2D eigenvalue weighted by Crippen LogP contribution is -2.79. The van der Waals surface area contributed by atoms with Crippen molar-refractivity contribution in [2.75, 3.05) is 44.1 Å². The molecule has 3 aromatic carbocycles. The third-order valence-electron chi connectivity index (χ3n) is 9.41. The van der Waals surface area contributed by atoms with Crippen molar-refractivity contribution in [3.05, 3.63) is 95.3 Å². The Balaban J connectivity index is 1.81.